The highest BCUT2D eigenvalue weighted by Gasteiger charge is 2.28. The van der Waals surface area contributed by atoms with Crippen molar-refractivity contribution < 1.29 is 4.79 Å². The highest BCUT2D eigenvalue weighted by Crippen LogP contribution is 2.24. The minimum absolute atomic E-state index is 0.118. The summed E-state index contributed by atoms with van der Waals surface area (Å²) in [4.78, 5) is 23.7. The van der Waals surface area contributed by atoms with Gasteiger partial charge in [-0.3, -0.25) is 9.78 Å². The van der Waals surface area contributed by atoms with Crippen LogP contribution in [0.1, 0.15) is 38.2 Å². The second-order valence-electron chi connectivity index (χ2n) is 8.00. The summed E-state index contributed by atoms with van der Waals surface area (Å²) in [5, 5.41) is 0. The van der Waals surface area contributed by atoms with E-state index < -0.39 is 0 Å². The summed E-state index contributed by atoms with van der Waals surface area (Å²) >= 11 is 0. The van der Waals surface area contributed by atoms with Crippen molar-refractivity contribution >= 4 is 12.0 Å². The third-order valence-electron chi connectivity index (χ3n) is 6.15. The summed E-state index contributed by atoms with van der Waals surface area (Å²) in [6.45, 7) is 8.58. The lowest BCUT2D eigenvalue weighted by Gasteiger charge is -2.41. The number of rotatable bonds is 6. The standard InChI is InChI=1S/C22H34N4O/c1-3-25(22(27)5-4-19-6-12-23-13-7-19)18-20-8-16-26(17-9-20)21-10-14-24(2)15-11-21/h4-7,12-13,20-21H,3,8-11,14-18H2,1-2H3/b5-4+. The van der Waals surface area contributed by atoms with E-state index in [1.165, 1.54) is 51.9 Å². The zero-order valence-electron chi connectivity index (χ0n) is 16.9. The van der Waals surface area contributed by atoms with Crippen molar-refractivity contribution in [3.8, 4) is 0 Å². The van der Waals surface area contributed by atoms with Crippen LogP contribution in [0, 0.1) is 5.92 Å². The van der Waals surface area contributed by atoms with Gasteiger partial charge in [0, 0.05) is 37.6 Å². The zero-order valence-corrected chi connectivity index (χ0v) is 16.9. The molecule has 2 aliphatic heterocycles. The summed E-state index contributed by atoms with van der Waals surface area (Å²) in [6, 6.07) is 4.60. The maximum absolute atomic E-state index is 12.6. The predicted octanol–water partition coefficient (Wildman–Crippen LogP) is 2.75. The number of hydrogen-bond donors (Lipinski definition) is 0. The Hall–Kier alpha value is -1.72. The maximum Gasteiger partial charge on any atom is 0.246 e. The van der Waals surface area contributed by atoms with Gasteiger partial charge in [0.25, 0.3) is 0 Å². The summed E-state index contributed by atoms with van der Waals surface area (Å²) < 4.78 is 0. The van der Waals surface area contributed by atoms with Gasteiger partial charge in [-0.15, -0.1) is 0 Å². The first kappa shape index (κ1) is 20.0. The second-order valence-corrected chi connectivity index (χ2v) is 8.00. The van der Waals surface area contributed by atoms with Gasteiger partial charge in [0.05, 0.1) is 0 Å². The molecule has 1 amide bonds. The maximum atomic E-state index is 12.6. The van der Waals surface area contributed by atoms with E-state index in [9.17, 15) is 4.79 Å². The van der Waals surface area contributed by atoms with Crippen LogP contribution < -0.4 is 0 Å². The molecule has 27 heavy (non-hydrogen) atoms. The summed E-state index contributed by atoms with van der Waals surface area (Å²) in [6.07, 6.45) is 12.1. The Morgan fingerprint density at radius 1 is 1.15 bits per heavy atom. The molecule has 3 heterocycles. The monoisotopic (exact) mass is 370 g/mol. The van der Waals surface area contributed by atoms with Crippen molar-refractivity contribution in [1.29, 1.82) is 0 Å². The number of pyridine rings is 1. The molecular weight excluding hydrogens is 336 g/mol. The zero-order chi connectivity index (χ0) is 19.1. The van der Waals surface area contributed by atoms with Crippen LogP contribution in [0.25, 0.3) is 6.08 Å². The van der Waals surface area contributed by atoms with E-state index in [-0.39, 0.29) is 5.91 Å². The number of amides is 1. The first-order valence-electron chi connectivity index (χ1n) is 10.4. The normalized spacial score (nSPS) is 21.0. The average molecular weight is 371 g/mol. The van der Waals surface area contributed by atoms with Gasteiger partial charge >= 0.3 is 0 Å². The SMILES string of the molecule is CCN(CC1CCN(C2CCN(C)CC2)CC1)C(=O)/C=C/c1ccncc1. The van der Waals surface area contributed by atoms with E-state index in [2.05, 4.69) is 28.8 Å². The van der Waals surface area contributed by atoms with Crippen molar-refractivity contribution in [3.05, 3.63) is 36.2 Å². The van der Waals surface area contributed by atoms with Gasteiger partial charge in [0.2, 0.25) is 5.91 Å². The van der Waals surface area contributed by atoms with Gasteiger partial charge in [-0.2, -0.15) is 0 Å². The fourth-order valence-electron chi connectivity index (χ4n) is 4.29. The average Bonchev–Trinajstić information content (AvgIpc) is 2.72. The number of aromatic nitrogens is 1. The van der Waals surface area contributed by atoms with E-state index >= 15 is 0 Å². The number of likely N-dealkylation sites (N-methyl/N-ethyl adjacent to an activating group) is 1. The lowest BCUT2D eigenvalue weighted by molar-refractivity contribution is -0.126. The van der Waals surface area contributed by atoms with Crippen LogP contribution in [0.15, 0.2) is 30.6 Å². The van der Waals surface area contributed by atoms with Crippen LogP contribution >= 0.6 is 0 Å². The van der Waals surface area contributed by atoms with E-state index in [0.29, 0.717) is 5.92 Å². The number of likely N-dealkylation sites (tertiary alicyclic amines) is 2. The van der Waals surface area contributed by atoms with Crippen LogP contribution in [0.3, 0.4) is 0 Å². The molecule has 2 aliphatic rings. The van der Waals surface area contributed by atoms with E-state index in [0.717, 1.165) is 24.7 Å². The molecule has 2 saturated heterocycles. The molecule has 1 aromatic heterocycles. The molecule has 2 fully saturated rings. The Morgan fingerprint density at radius 3 is 2.44 bits per heavy atom. The van der Waals surface area contributed by atoms with Crippen molar-refractivity contribution in [1.82, 2.24) is 19.7 Å². The Kier molecular flexibility index (Phi) is 7.41. The van der Waals surface area contributed by atoms with Crippen molar-refractivity contribution in [3.63, 3.8) is 0 Å². The van der Waals surface area contributed by atoms with Gasteiger partial charge in [-0.05, 0) is 95.5 Å². The van der Waals surface area contributed by atoms with Crippen molar-refractivity contribution in [2.75, 3.05) is 46.3 Å². The lowest BCUT2D eigenvalue weighted by atomic mass is 9.93. The Bertz CT molecular complexity index is 602. The minimum atomic E-state index is 0.118. The molecule has 0 atom stereocenters. The summed E-state index contributed by atoms with van der Waals surface area (Å²) in [5.74, 6) is 0.748. The highest BCUT2D eigenvalue weighted by atomic mass is 16.2. The Balaban J connectivity index is 1.45. The third-order valence-corrected chi connectivity index (χ3v) is 6.15. The predicted molar refractivity (Wildman–Crippen MR) is 110 cm³/mol. The Morgan fingerprint density at radius 2 is 1.81 bits per heavy atom. The fraction of sp³-hybridized carbons (Fsp3) is 0.636. The lowest BCUT2D eigenvalue weighted by Crippen LogP contribution is -2.48. The topological polar surface area (TPSA) is 39.7 Å². The molecule has 0 spiro atoms. The summed E-state index contributed by atoms with van der Waals surface area (Å²) in [5.41, 5.74) is 1.01. The highest BCUT2D eigenvalue weighted by molar-refractivity contribution is 5.91. The van der Waals surface area contributed by atoms with Crippen LogP contribution in [-0.4, -0.2) is 77.9 Å². The molecule has 1 aromatic rings. The molecule has 148 valence electrons. The largest absolute Gasteiger partial charge is 0.339 e. The number of carbonyl (C=O) groups excluding carboxylic acids is 1. The first-order valence-corrected chi connectivity index (χ1v) is 10.4. The Labute approximate surface area is 164 Å². The third kappa shape index (κ3) is 5.88. The molecule has 5 heteroatoms. The molecule has 3 rings (SSSR count). The van der Waals surface area contributed by atoms with Crippen molar-refractivity contribution in [2.45, 2.75) is 38.6 Å². The second kappa shape index (κ2) is 10.00. The van der Waals surface area contributed by atoms with Gasteiger partial charge < -0.3 is 14.7 Å². The summed E-state index contributed by atoms with van der Waals surface area (Å²) in [7, 11) is 2.22. The molecule has 0 saturated carbocycles. The quantitative estimate of drug-likeness (QED) is 0.722. The van der Waals surface area contributed by atoms with Gasteiger partial charge in [-0.25, -0.2) is 0 Å². The molecule has 0 aliphatic carbocycles. The van der Waals surface area contributed by atoms with E-state index in [4.69, 9.17) is 0 Å². The van der Waals surface area contributed by atoms with E-state index in [1.807, 2.05) is 23.1 Å². The number of carbonyl (C=O) groups is 1. The van der Waals surface area contributed by atoms with Gasteiger partial charge in [-0.1, -0.05) is 0 Å². The van der Waals surface area contributed by atoms with Gasteiger partial charge in [0.1, 0.15) is 0 Å². The smallest absolute Gasteiger partial charge is 0.246 e. The van der Waals surface area contributed by atoms with E-state index in [1.54, 1.807) is 18.5 Å². The number of hydrogen-bond acceptors (Lipinski definition) is 4. The van der Waals surface area contributed by atoms with Gasteiger partial charge in [0.15, 0.2) is 0 Å². The van der Waals surface area contributed by atoms with Crippen LogP contribution in [-0.2, 0) is 4.79 Å². The first-order chi connectivity index (χ1) is 13.2. The molecular formula is C22H34N4O. The molecule has 0 bridgehead atoms. The molecule has 5 nitrogen and oxygen atoms in total. The van der Waals surface area contributed by atoms with Crippen LogP contribution in [0.4, 0.5) is 0 Å². The number of piperidine rings is 2. The number of nitrogens with zero attached hydrogens (tertiary/aromatic N) is 4. The molecule has 0 unspecified atom stereocenters. The molecule has 0 radical (unpaired) electrons. The fourth-order valence-corrected chi connectivity index (χ4v) is 4.29. The van der Waals surface area contributed by atoms with Crippen LogP contribution in [0.5, 0.6) is 0 Å². The molecule has 0 N–H and O–H groups in total. The molecule has 0 aromatic carbocycles. The minimum Gasteiger partial charge on any atom is -0.339 e. The van der Waals surface area contributed by atoms with Crippen molar-refractivity contribution in [2.24, 2.45) is 5.92 Å². The van der Waals surface area contributed by atoms with Crippen LogP contribution in [0.2, 0.25) is 0 Å².